The monoisotopic (exact) mass is 402 g/mol. The number of fused-ring (bicyclic) bond motifs is 2. The summed E-state index contributed by atoms with van der Waals surface area (Å²) in [7, 11) is -3.20. The van der Waals surface area contributed by atoms with Gasteiger partial charge in [0.05, 0.1) is 6.26 Å². The number of sulfonamides is 1. The maximum Gasteiger partial charge on any atom is 0.234 e. The smallest absolute Gasteiger partial charge is 0.234 e. The van der Waals surface area contributed by atoms with Crippen molar-refractivity contribution in [1.82, 2.24) is 29.1 Å². The summed E-state index contributed by atoms with van der Waals surface area (Å²) in [6.07, 6.45) is 4.91. The molecule has 5 rings (SSSR count). The fourth-order valence-corrected chi connectivity index (χ4v) is 5.49. The van der Waals surface area contributed by atoms with E-state index in [1.54, 1.807) is 4.52 Å². The van der Waals surface area contributed by atoms with Gasteiger partial charge in [0.25, 0.3) is 0 Å². The third-order valence-electron chi connectivity index (χ3n) is 5.05. The van der Waals surface area contributed by atoms with E-state index >= 15 is 0 Å². The second kappa shape index (κ2) is 6.11. The number of piperidine rings is 1. The van der Waals surface area contributed by atoms with E-state index in [0.717, 1.165) is 45.1 Å². The van der Waals surface area contributed by atoms with Gasteiger partial charge in [0.2, 0.25) is 15.0 Å². The Hall–Kier alpha value is -2.30. The average Bonchev–Trinajstić information content (AvgIpc) is 3.34. The van der Waals surface area contributed by atoms with E-state index in [4.69, 9.17) is 5.10 Å². The van der Waals surface area contributed by atoms with Crippen LogP contribution in [-0.4, -0.2) is 56.9 Å². The Morgan fingerprint density at radius 1 is 1.26 bits per heavy atom. The van der Waals surface area contributed by atoms with Gasteiger partial charge in [-0.15, -0.1) is 10.2 Å². The first-order valence-corrected chi connectivity index (χ1v) is 11.4. The predicted molar refractivity (Wildman–Crippen MR) is 104 cm³/mol. The second-order valence-corrected chi connectivity index (χ2v) is 9.81. The minimum absolute atomic E-state index is 0.00129. The summed E-state index contributed by atoms with van der Waals surface area (Å²) in [5.74, 6) is 0.738. The van der Waals surface area contributed by atoms with Crippen LogP contribution in [0.2, 0.25) is 0 Å². The van der Waals surface area contributed by atoms with Gasteiger partial charge in [-0.05, 0) is 18.9 Å². The molecule has 1 fully saturated rings. The highest BCUT2D eigenvalue weighted by Crippen LogP contribution is 2.33. The van der Waals surface area contributed by atoms with Crippen LogP contribution in [0.25, 0.3) is 26.4 Å². The number of nitrogens with one attached hydrogen (secondary N) is 1. The number of nitrogens with zero attached hydrogens (tertiary/aromatic N) is 5. The van der Waals surface area contributed by atoms with Crippen molar-refractivity contribution in [2.24, 2.45) is 0 Å². The van der Waals surface area contributed by atoms with Gasteiger partial charge in [-0.2, -0.15) is 9.61 Å². The lowest BCUT2D eigenvalue weighted by Gasteiger charge is -2.29. The van der Waals surface area contributed by atoms with Crippen LogP contribution in [0.4, 0.5) is 0 Å². The first-order valence-electron chi connectivity index (χ1n) is 8.74. The first kappa shape index (κ1) is 16.8. The van der Waals surface area contributed by atoms with Crippen molar-refractivity contribution in [2.75, 3.05) is 19.3 Å². The fourth-order valence-electron chi connectivity index (χ4n) is 3.70. The minimum Gasteiger partial charge on any atom is -0.360 e. The largest absolute Gasteiger partial charge is 0.360 e. The van der Waals surface area contributed by atoms with E-state index in [1.165, 1.54) is 21.9 Å². The van der Waals surface area contributed by atoms with Crippen LogP contribution in [0.5, 0.6) is 0 Å². The third kappa shape index (κ3) is 2.84. The molecule has 0 bridgehead atoms. The Bertz CT molecular complexity index is 1240. The lowest BCUT2D eigenvalue weighted by atomic mass is 9.99. The lowest BCUT2D eigenvalue weighted by molar-refractivity contribution is 0.309. The molecule has 1 N–H and O–H groups in total. The number of aromatic nitrogens is 5. The standard InChI is InChI=1S/C17H18N6O2S2/c1-27(24,25)22-8-4-5-11(10-22)15-19-20-17-23(15)21-16(26-17)13-9-18-14-7-3-2-6-12(13)14/h2-3,6-7,9,11,18H,4-5,8,10H2,1H3. The summed E-state index contributed by atoms with van der Waals surface area (Å²) in [5.41, 5.74) is 2.10. The number of para-hydroxylation sites is 1. The number of hydrogen-bond acceptors (Lipinski definition) is 6. The normalized spacial score (nSPS) is 19.2. The Labute approximate surface area is 159 Å². The summed E-state index contributed by atoms with van der Waals surface area (Å²) < 4.78 is 27.1. The van der Waals surface area contributed by atoms with Gasteiger partial charge in [-0.1, -0.05) is 29.5 Å². The van der Waals surface area contributed by atoms with Gasteiger partial charge < -0.3 is 4.98 Å². The summed E-state index contributed by atoms with van der Waals surface area (Å²) in [5, 5.41) is 15.3. The minimum atomic E-state index is -3.20. The molecular weight excluding hydrogens is 384 g/mol. The maximum atomic E-state index is 11.9. The molecule has 140 valence electrons. The highest BCUT2D eigenvalue weighted by Gasteiger charge is 2.30. The third-order valence-corrected chi connectivity index (χ3v) is 7.25. The van der Waals surface area contributed by atoms with Gasteiger partial charge in [0.15, 0.2) is 5.82 Å². The molecule has 1 saturated heterocycles. The SMILES string of the molecule is CS(=O)(=O)N1CCCC(c2nnc3sc(-c4c[nH]c5ccccc45)nn23)C1. The average molecular weight is 403 g/mol. The van der Waals surface area contributed by atoms with Crippen molar-refractivity contribution in [3.63, 3.8) is 0 Å². The van der Waals surface area contributed by atoms with Crippen molar-refractivity contribution >= 4 is 37.2 Å². The van der Waals surface area contributed by atoms with E-state index in [9.17, 15) is 8.42 Å². The van der Waals surface area contributed by atoms with Crippen LogP contribution >= 0.6 is 11.3 Å². The molecule has 0 radical (unpaired) electrons. The molecule has 0 spiro atoms. The van der Waals surface area contributed by atoms with Gasteiger partial charge in [0.1, 0.15) is 5.01 Å². The van der Waals surface area contributed by atoms with E-state index in [0.29, 0.717) is 13.1 Å². The molecule has 10 heteroatoms. The zero-order chi connectivity index (χ0) is 18.6. The van der Waals surface area contributed by atoms with Crippen LogP contribution in [0.3, 0.4) is 0 Å². The predicted octanol–water partition coefficient (Wildman–Crippen LogP) is 2.47. The van der Waals surface area contributed by atoms with E-state index in [2.05, 4.69) is 21.2 Å². The zero-order valence-corrected chi connectivity index (χ0v) is 16.3. The summed E-state index contributed by atoms with van der Waals surface area (Å²) in [4.78, 5) is 4.00. The molecule has 1 aromatic carbocycles. The van der Waals surface area contributed by atoms with E-state index < -0.39 is 10.0 Å². The van der Waals surface area contributed by atoms with Crippen molar-refractivity contribution in [3.8, 4) is 10.6 Å². The van der Waals surface area contributed by atoms with Gasteiger partial charge >= 0.3 is 0 Å². The number of hydrogen-bond donors (Lipinski definition) is 1. The number of aromatic amines is 1. The van der Waals surface area contributed by atoms with Gasteiger partial charge in [0, 0.05) is 41.7 Å². The second-order valence-electron chi connectivity index (χ2n) is 6.87. The van der Waals surface area contributed by atoms with Crippen molar-refractivity contribution in [1.29, 1.82) is 0 Å². The molecule has 8 nitrogen and oxygen atoms in total. The van der Waals surface area contributed by atoms with Crippen molar-refractivity contribution in [3.05, 3.63) is 36.3 Å². The van der Waals surface area contributed by atoms with Crippen molar-refractivity contribution < 1.29 is 8.42 Å². The lowest BCUT2D eigenvalue weighted by Crippen LogP contribution is -2.38. The topological polar surface area (TPSA) is 96.2 Å². The van der Waals surface area contributed by atoms with Crippen LogP contribution in [-0.2, 0) is 10.0 Å². The molecule has 4 aromatic rings. The number of H-pyrrole nitrogens is 1. The van der Waals surface area contributed by atoms with E-state index in [1.807, 2.05) is 24.4 Å². The number of benzene rings is 1. The molecule has 0 aliphatic carbocycles. The highest BCUT2D eigenvalue weighted by atomic mass is 32.2. The molecule has 4 heterocycles. The first-order chi connectivity index (χ1) is 13.0. The molecule has 1 unspecified atom stereocenters. The summed E-state index contributed by atoms with van der Waals surface area (Å²) in [6.45, 7) is 0.995. The molecule has 0 saturated carbocycles. The molecule has 3 aromatic heterocycles. The summed E-state index contributed by atoms with van der Waals surface area (Å²) in [6, 6.07) is 8.10. The molecule has 1 atom stereocenters. The zero-order valence-electron chi connectivity index (χ0n) is 14.7. The Kier molecular flexibility index (Phi) is 3.81. The highest BCUT2D eigenvalue weighted by molar-refractivity contribution is 7.88. The van der Waals surface area contributed by atoms with Gasteiger partial charge in [-0.25, -0.2) is 12.7 Å². The van der Waals surface area contributed by atoms with E-state index in [-0.39, 0.29) is 5.92 Å². The molecule has 1 aliphatic heterocycles. The van der Waals surface area contributed by atoms with Gasteiger partial charge in [-0.3, -0.25) is 0 Å². The Morgan fingerprint density at radius 3 is 2.96 bits per heavy atom. The van der Waals surface area contributed by atoms with Crippen LogP contribution in [0.15, 0.2) is 30.5 Å². The van der Waals surface area contributed by atoms with Crippen LogP contribution in [0, 0.1) is 0 Å². The van der Waals surface area contributed by atoms with Crippen molar-refractivity contribution in [2.45, 2.75) is 18.8 Å². The maximum absolute atomic E-state index is 11.9. The van der Waals surface area contributed by atoms with Crippen LogP contribution in [0.1, 0.15) is 24.6 Å². The molecular formula is C17H18N6O2S2. The Balaban J connectivity index is 1.54. The van der Waals surface area contributed by atoms with Crippen LogP contribution < -0.4 is 0 Å². The molecule has 0 amide bonds. The quantitative estimate of drug-likeness (QED) is 0.568. The molecule has 27 heavy (non-hydrogen) atoms. The summed E-state index contributed by atoms with van der Waals surface area (Å²) >= 11 is 1.49. The fraction of sp³-hybridized carbons (Fsp3) is 0.353. The number of rotatable bonds is 3. The molecule has 1 aliphatic rings. The Morgan fingerprint density at radius 2 is 2.11 bits per heavy atom.